The summed E-state index contributed by atoms with van der Waals surface area (Å²) < 4.78 is 3.07. The summed E-state index contributed by atoms with van der Waals surface area (Å²) in [6.45, 7) is 1.69. The first-order chi connectivity index (χ1) is 8.16. The largest absolute Gasteiger partial charge is 0.321 e. The Morgan fingerprint density at radius 2 is 2.35 bits per heavy atom. The van der Waals surface area contributed by atoms with E-state index in [1.807, 2.05) is 11.6 Å². The summed E-state index contributed by atoms with van der Waals surface area (Å²) >= 11 is 11.1. The van der Waals surface area contributed by atoms with Crippen molar-refractivity contribution in [3.63, 3.8) is 0 Å². The SMILES string of the molecule is Cn1c(Cl)cnc1CNCCc1ccc(Br)s1. The Kier molecular flexibility index (Phi) is 4.62. The first-order valence-electron chi connectivity index (χ1n) is 5.28. The molecule has 3 nitrogen and oxygen atoms in total. The van der Waals surface area contributed by atoms with Gasteiger partial charge in [-0.15, -0.1) is 11.3 Å². The first kappa shape index (κ1) is 13.1. The van der Waals surface area contributed by atoms with Gasteiger partial charge in [0.2, 0.25) is 0 Å². The number of halogens is 2. The smallest absolute Gasteiger partial charge is 0.128 e. The molecule has 2 rings (SSSR count). The molecule has 2 aromatic heterocycles. The highest BCUT2D eigenvalue weighted by Crippen LogP contribution is 2.22. The highest BCUT2D eigenvalue weighted by atomic mass is 79.9. The van der Waals surface area contributed by atoms with Crippen LogP contribution in [0.4, 0.5) is 0 Å². The average Bonchev–Trinajstić information content (AvgIpc) is 2.84. The van der Waals surface area contributed by atoms with Gasteiger partial charge in [0.15, 0.2) is 0 Å². The molecule has 2 aromatic rings. The van der Waals surface area contributed by atoms with Gasteiger partial charge in [0.25, 0.3) is 0 Å². The molecule has 0 saturated carbocycles. The van der Waals surface area contributed by atoms with E-state index in [0.717, 1.165) is 25.3 Å². The van der Waals surface area contributed by atoms with E-state index in [1.54, 1.807) is 17.5 Å². The second kappa shape index (κ2) is 6.00. The minimum Gasteiger partial charge on any atom is -0.321 e. The summed E-state index contributed by atoms with van der Waals surface area (Å²) in [7, 11) is 1.92. The molecular weight excluding hydrogens is 322 g/mol. The van der Waals surface area contributed by atoms with Gasteiger partial charge in [-0.2, -0.15) is 0 Å². The van der Waals surface area contributed by atoms with E-state index in [-0.39, 0.29) is 0 Å². The zero-order valence-electron chi connectivity index (χ0n) is 9.41. The predicted molar refractivity (Wildman–Crippen MR) is 75.6 cm³/mol. The first-order valence-corrected chi connectivity index (χ1v) is 7.26. The van der Waals surface area contributed by atoms with Gasteiger partial charge in [-0.3, -0.25) is 0 Å². The molecule has 0 saturated heterocycles. The van der Waals surface area contributed by atoms with Gasteiger partial charge in [0.05, 0.1) is 16.5 Å². The van der Waals surface area contributed by atoms with Crippen LogP contribution < -0.4 is 5.32 Å². The molecule has 2 heterocycles. The van der Waals surface area contributed by atoms with Crippen LogP contribution in [0, 0.1) is 0 Å². The van der Waals surface area contributed by atoms with Gasteiger partial charge in [0.1, 0.15) is 11.0 Å². The van der Waals surface area contributed by atoms with Crippen LogP contribution in [0.1, 0.15) is 10.7 Å². The van der Waals surface area contributed by atoms with Crippen LogP contribution >= 0.6 is 38.9 Å². The van der Waals surface area contributed by atoms with Crippen molar-refractivity contribution in [1.82, 2.24) is 14.9 Å². The fraction of sp³-hybridized carbons (Fsp3) is 0.364. The molecule has 0 aliphatic heterocycles. The summed E-state index contributed by atoms with van der Waals surface area (Å²) in [6.07, 6.45) is 2.71. The van der Waals surface area contributed by atoms with Crippen molar-refractivity contribution in [3.05, 3.63) is 38.0 Å². The number of hydrogen-bond donors (Lipinski definition) is 1. The van der Waals surface area contributed by atoms with E-state index >= 15 is 0 Å². The van der Waals surface area contributed by atoms with Gasteiger partial charge in [-0.25, -0.2) is 4.98 Å². The fourth-order valence-electron chi connectivity index (χ4n) is 1.49. The third kappa shape index (κ3) is 3.55. The van der Waals surface area contributed by atoms with E-state index in [9.17, 15) is 0 Å². The molecule has 17 heavy (non-hydrogen) atoms. The van der Waals surface area contributed by atoms with E-state index in [2.05, 4.69) is 38.4 Å². The Hall–Kier alpha value is -0.360. The molecule has 0 aliphatic carbocycles. The van der Waals surface area contributed by atoms with E-state index in [0.29, 0.717) is 5.15 Å². The minimum absolute atomic E-state index is 0.670. The van der Waals surface area contributed by atoms with E-state index < -0.39 is 0 Å². The fourth-order valence-corrected chi connectivity index (χ4v) is 3.12. The third-order valence-corrected chi connectivity index (χ3v) is 4.52. The number of nitrogens with one attached hydrogen (secondary N) is 1. The molecule has 0 amide bonds. The monoisotopic (exact) mass is 333 g/mol. The zero-order valence-corrected chi connectivity index (χ0v) is 12.6. The number of hydrogen-bond acceptors (Lipinski definition) is 3. The minimum atomic E-state index is 0.670. The van der Waals surface area contributed by atoms with Crippen molar-refractivity contribution in [3.8, 4) is 0 Å². The Morgan fingerprint density at radius 1 is 1.53 bits per heavy atom. The molecule has 1 N–H and O–H groups in total. The lowest BCUT2D eigenvalue weighted by atomic mass is 10.3. The molecule has 0 bridgehead atoms. The Labute approximate surface area is 118 Å². The van der Waals surface area contributed by atoms with Crippen molar-refractivity contribution >= 4 is 38.9 Å². The number of thiophene rings is 1. The van der Waals surface area contributed by atoms with Crippen molar-refractivity contribution in [2.24, 2.45) is 7.05 Å². The van der Waals surface area contributed by atoms with Gasteiger partial charge in [-0.05, 0) is 34.5 Å². The van der Waals surface area contributed by atoms with Crippen molar-refractivity contribution in [2.75, 3.05) is 6.54 Å². The standard InChI is InChI=1S/C11H13BrClN3S/c1-16-10(13)6-15-11(16)7-14-5-4-8-2-3-9(12)17-8/h2-3,6,14H,4-5,7H2,1H3. The number of rotatable bonds is 5. The molecule has 0 aromatic carbocycles. The summed E-state index contributed by atoms with van der Waals surface area (Å²) in [5, 5.41) is 4.03. The lowest BCUT2D eigenvalue weighted by Gasteiger charge is -2.04. The molecule has 0 radical (unpaired) electrons. The van der Waals surface area contributed by atoms with Gasteiger partial charge < -0.3 is 9.88 Å². The van der Waals surface area contributed by atoms with Gasteiger partial charge in [-0.1, -0.05) is 11.6 Å². The quantitative estimate of drug-likeness (QED) is 0.851. The van der Waals surface area contributed by atoms with Crippen LogP contribution in [0.15, 0.2) is 22.1 Å². The summed E-state index contributed by atoms with van der Waals surface area (Å²) in [4.78, 5) is 5.60. The Morgan fingerprint density at radius 3 is 2.94 bits per heavy atom. The Balaban J connectivity index is 1.75. The molecule has 0 fully saturated rings. The third-order valence-electron chi connectivity index (χ3n) is 2.49. The lowest BCUT2D eigenvalue weighted by molar-refractivity contribution is 0.640. The molecule has 92 valence electrons. The van der Waals surface area contributed by atoms with Crippen LogP contribution in [0.3, 0.4) is 0 Å². The topological polar surface area (TPSA) is 29.9 Å². The molecule has 0 aliphatic rings. The van der Waals surface area contributed by atoms with E-state index in [1.165, 1.54) is 8.66 Å². The van der Waals surface area contributed by atoms with Crippen LogP contribution in [-0.2, 0) is 20.0 Å². The van der Waals surface area contributed by atoms with Crippen LogP contribution in [-0.4, -0.2) is 16.1 Å². The molecular formula is C11H13BrClN3S. The summed E-state index contributed by atoms with van der Waals surface area (Å²) in [5.41, 5.74) is 0. The normalized spacial score (nSPS) is 11.0. The highest BCUT2D eigenvalue weighted by Gasteiger charge is 2.03. The summed E-state index contributed by atoms with van der Waals surface area (Å²) in [6, 6.07) is 4.23. The molecule has 0 atom stereocenters. The van der Waals surface area contributed by atoms with Gasteiger partial charge >= 0.3 is 0 Å². The summed E-state index contributed by atoms with van der Waals surface area (Å²) in [5.74, 6) is 0.961. The van der Waals surface area contributed by atoms with E-state index in [4.69, 9.17) is 11.6 Å². The maximum atomic E-state index is 5.91. The van der Waals surface area contributed by atoms with Crippen LogP contribution in [0.25, 0.3) is 0 Å². The van der Waals surface area contributed by atoms with Crippen LogP contribution in [0.2, 0.25) is 5.15 Å². The maximum Gasteiger partial charge on any atom is 0.128 e. The number of nitrogens with zero attached hydrogens (tertiary/aromatic N) is 2. The maximum absolute atomic E-state index is 5.91. The second-order valence-corrected chi connectivity index (χ2v) is 6.62. The van der Waals surface area contributed by atoms with Crippen molar-refractivity contribution in [2.45, 2.75) is 13.0 Å². The van der Waals surface area contributed by atoms with Gasteiger partial charge in [0, 0.05) is 18.5 Å². The predicted octanol–water partition coefficient (Wildman–Crippen LogP) is 3.23. The van der Waals surface area contributed by atoms with Crippen molar-refractivity contribution < 1.29 is 0 Å². The average molecular weight is 335 g/mol. The zero-order chi connectivity index (χ0) is 12.3. The Bertz CT molecular complexity index is 495. The number of imidazole rings is 1. The van der Waals surface area contributed by atoms with Crippen molar-refractivity contribution in [1.29, 1.82) is 0 Å². The molecule has 6 heteroatoms. The molecule has 0 spiro atoms. The second-order valence-electron chi connectivity index (χ2n) is 3.69. The highest BCUT2D eigenvalue weighted by molar-refractivity contribution is 9.11. The number of aromatic nitrogens is 2. The van der Waals surface area contributed by atoms with Crippen LogP contribution in [0.5, 0.6) is 0 Å². The lowest BCUT2D eigenvalue weighted by Crippen LogP contribution is -2.18. The molecule has 0 unspecified atom stereocenters.